The van der Waals surface area contributed by atoms with Crippen LogP contribution in [0.4, 0.5) is 0 Å². The molecule has 0 saturated heterocycles. The number of carbonyl (C=O) groups excluding carboxylic acids is 1. The Hall–Kier alpha value is -0.860. The molecule has 0 atom stereocenters. The molecular weight excluding hydrogens is 174 g/mol. The molecule has 1 aromatic carbocycles. The minimum Gasteiger partial charge on any atom is -0.326 e. The second-order valence-corrected chi connectivity index (χ2v) is 2.73. The van der Waals surface area contributed by atoms with Crippen LogP contribution in [0.2, 0.25) is 0 Å². The zero-order chi connectivity index (χ0) is 8.97. The lowest BCUT2D eigenvalue weighted by atomic mass is 10.1. The Balaban J connectivity index is 2.84. The summed E-state index contributed by atoms with van der Waals surface area (Å²) < 4.78 is 0. The first-order chi connectivity index (χ1) is 5.77. The largest absolute Gasteiger partial charge is 0.326 e. The van der Waals surface area contributed by atoms with Crippen LogP contribution in [-0.2, 0) is 6.54 Å². The molecule has 0 aromatic heterocycles. The van der Waals surface area contributed by atoms with Gasteiger partial charge in [-0.2, -0.15) is 0 Å². The third-order valence-electron chi connectivity index (χ3n) is 1.63. The quantitative estimate of drug-likeness (QED) is 0.571. The summed E-state index contributed by atoms with van der Waals surface area (Å²) in [6, 6.07) is 7.15. The minimum atomic E-state index is -0.0553. The number of Topliss-reactive ketones (excluding diaryl/α,β-unsaturated/α-hetero) is 1. The first-order valence-electron chi connectivity index (χ1n) is 3.66. The normalized spacial score (nSPS) is 9.83. The van der Waals surface area contributed by atoms with Gasteiger partial charge >= 0.3 is 0 Å². The fourth-order valence-corrected chi connectivity index (χ4v) is 1.06. The van der Waals surface area contributed by atoms with Gasteiger partial charge in [-0.3, -0.25) is 4.79 Å². The van der Waals surface area contributed by atoms with Gasteiger partial charge in [0.25, 0.3) is 0 Å². The molecule has 0 aliphatic carbocycles. The number of hydrogen-bond acceptors (Lipinski definition) is 2. The Bertz CT molecular complexity index is 268. The molecule has 0 spiro atoms. The highest BCUT2D eigenvalue weighted by Crippen LogP contribution is 2.05. The molecule has 0 radical (unpaired) electrons. The lowest BCUT2D eigenvalue weighted by Crippen LogP contribution is -2.01. The van der Waals surface area contributed by atoms with Crippen molar-refractivity contribution >= 4 is 17.4 Å². The number of rotatable bonds is 3. The zero-order valence-electron chi connectivity index (χ0n) is 6.59. The SMILES string of the molecule is NCc1ccc(C(=O)CCl)cc1. The van der Waals surface area contributed by atoms with Crippen molar-refractivity contribution < 1.29 is 4.79 Å². The summed E-state index contributed by atoms with van der Waals surface area (Å²) in [4.78, 5) is 11.0. The Kier molecular flexibility index (Phi) is 3.26. The highest BCUT2D eigenvalue weighted by Gasteiger charge is 2.02. The van der Waals surface area contributed by atoms with Gasteiger partial charge in [-0.15, -0.1) is 11.6 Å². The van der Waals surface area contributed by atoms with Gasteiger partial charge in [0.1, 0.15) is 0 Å². The Labute approximate surface area is 76.3 Å². The summed E-state index contributed by atoms with van der Waals surface area (Å²) in [5.74, 6) is -0.0256. The number of hydrogen-bond donors (Lipinski definition) is 1. The van der Waals surface area contributed by atoms with Gasteiger partial charge in [-0.1, -0.05) is 24.3 Å². The number of carbonyl (C=O) groups is 1. The fraction of sp³-hybridized carbons (Fsp3) is 0.222. The fourth-order valence-electron chi connectivity index (χ4n) is 0.904. The van der Waals surface area contributed by atoms with Crippen LogP contribution in [0.25, 0.3) is 0 Å². The Morgan fingerprint density at radius 1 is 1.33 bits per heavy atom. The second-order valence-electron chi connectivity index (χ2n) is 2.46. The smallest absolute Gasteiger partial charge is 0.177 e. The molecule has 0 heterocycles. The average molecular weight is 184 g/mol. The van der Waals surface area contributed by atoms with Gasteiger partial charge in [-0.25, -0.2) is 0 Å². The summed E-state index contributed by atoms with van der Waals surface area (Å²) in [5, 5.41) is 0. The molecular formula is C9H10ClNO. The van der Waals surface area contributed by atoms with Crippen molar-refractivity contribution in [1.29, 1.82) is 0 Å². The monoisotopic (exact) mass is 183 g/mol. The molecule has 0 amide bonds. The van der Waals surface area contributed by atoms with E-state index in [9.17, 15) is 4.79 Å². The minimum absolute atomic E-state index is 0.0297. The van der Waals surface area contributed by atoms with Gasteiger partial charge in [0.2, 0.25) is 0 Å². The van der Waals surface area contributed by atoms with Gasteiger partial charge < -0.3 is 5.73 Å². The molecule has 1 rings (SSSR count). The van der Waals surface area contributed by atoms with Crippen LogP contribution >= 0.6 is 11.6 Å². The van der Waals surface area contributed by atoms with Crippen LogP contribution in [0.3, 0.4) is 0 Å². The maximum Gasteiger partial charge on any atom is 0.177 e. The molecule has 0 unspecified atom stereocenters. The first kappa shape index (κ1) is 9.23. The van der Waals surface area contributed by atoms with E-state index in [-0.39, 0.29) is 11.7 Å². The standard InChI is InChI=1S/C9H10ClNO/c10-5-9(12)8-3-1-7(6-11)2-4-8/h1-4H,5-6,11H2. The van der Waals surface area contributed by atoms with E-state index in [1.165, 1.54) is 0 Å². The predicted octanol–water partition coefficient (Wildman–Crippen LogP) is 1.57. The van der Waals surface area contributed by atoms with Crippen molar-refractivity contribution in [3.05, 3.63) is 35.4 Å². The molecule has 0 fully saturated rings. The lowest BCUT2D eigenvalue weighted by Gasteiger charge is -1.98. The number of alkyl halides is 1. The van der Waals surface area contributed by atoms with Crippen molar-refractivity contribution in [1.82, 2.24) is 0 Å². The molecule has 3 heteroatoms. The summed E-state index contributed by atoms with van der Waals surface area (Å²) in [7, 11) is 0. The Morgan fingerprint density at radius 3 is 2.33 bits per heavy atom. The van der Waals surface area contributed by atoms with Crippen LogP contribution in [-0.4, -0.2) is 11.7 Å². The van der Waals surface area contributed by atoms with E-state index in [4.69, 9.17) is 17.3 Å². The summed E-state index contributed by atoms with van der Waals surface area (Å²) in [6.45, 7) is 0.495. The van der Waals surface area contributed by atoms with Gasteiger partial charge in [0.15, 0.2) is 5.78 Å². The topological polar surface area (TPSA) is 43.1 Å². The van der Waals surface area contributed by atoms with Crippen molar-refractivity contribution in [2.24, 2.45) is 5.73 Å². The van der Waals surface area contributed by atoms with E-state index in [2.05, 4.69) is 0 Å². The Morgan fingerprint density at radius 2 is 1.92 bits per heavy atom. The van der Waals surface area contributed by atoms with Crippen molar-refractivity contribution in [2.45, 2.75) is 6.54 Å². The van der Waals surface area contributed by atoms with E-state index in [1.807, 2.05) is 12.1 Å². The highest BCUT2D eigenvalue weighted by atomic mass is 35.5. The molecule has 12 heavy (non-hydrogen) atoms. The van der Waals surface area contributed by atoms with Crippen LogP contribution in [0, 0.1) is 0 Å². The van der Waals surface area contributed by atoms with E-state index in [0.717, 1.165) is 5.56 Å². The highest BCUT2D eigenvalue weighted by molar-refractivity contribution is 6.30. The molecule has 0 saturated carbocycles. The molecule has 2 nitrogen and oxygen atoms in total. The van der Waals surface area contributed by atoms with E-state index in [1.54, 1.807) is 12.1 Å². The summed E-state index contributed by atoms with van der Waals surface area (Å²) >= 11 is 5.39. The third kappa shape index (κ3) is 2.06. The molecule has 64 valence electrons. The van der Waals surface area contributed by atoms with Crippen molar-refractivity contribution in [3.63, 3.8) is 0 Å². The van der Waals surface area contributed by atoms with Crippen molar-refractivity contribution in [3.8, 4) is 0 Å². The summed E-state index contributed by atoms with van der Waals surface area (Å²) in [6.07, 6.45) is 0. The predicted molar refractivity (Wildman–Crippen MR) is 49.4 cm³/mol. The molecule has 0 bridgehead atoms. The van der Waals surface area contributed by atoms with E-state index < -0.39 is 0 Å². The first-order valence-corrected chi connectivity index (χ1v) is 4.19. The molecule has 1 aromatic rings. The van der Waals surface area contributed by atoms with Crippen LogP contribution in [0.5, 0.6) is 0 Å². The van der Waals surface area contributed by atoms with E-state index >= 15 is 0 Å². The molecule has 2 N–H and O–H groups in total. The van der Waals surface area contributed by atoms with Crippen LogP contribution < -0.4 is 5.73 Å². The maximum absolute atomic E-state index is 11.0. The van der Waals surface area contributed by atoms with Gasteiger partial charge in [-0.05, 0) is 5.56 Å². The zero-order valence-corrected chi connectivity index (χ0v) is 7.34. The molecule has 0 aliphatic heterocycles. The van der Waals surface area contributed by atoms with Gasteiger partial charge in [0, 0.05) is 12.1 Å². The number of nitrogens with two attached hydrogens (primary N) is 1. The lowest BCUT2D eigenvalue weighted by molar-refractivity contribution is 0.102. The number of benzene rings is 1. The second kappa shape index (κ2) is 4.24. The maximum atomic E-state index is 11.0. The number of halogens is 1. The summed E-state index contributed by atoms with van der Waals surface area (Å²) in [5.41, 5.74) is 7.05. The van der Waals surface area contributed by atoms with Crippen LogP contribution in [0.1, 0.15) is 15.9 Å². The van der Waals surface area contributed by atoms with Crippen molar-refractivity contribution in [2.75, 3.05) is 5.88 Å². The van der Waals surface area contributed by atoms with Gasteiger partial charge in [0.05, 0.1) is 5.88 Å². The van der Waals surface area contributed by atoms with Crippen LogP contribution in [0.15, 0.2) is 24.3 Å². The molecule has 0 aliphatic rings. The third-order valence-corrected chi connectivity index (χ3v) is 1.88. The average Bonchev–Trinajstić information content (AvgIpc) is 2.17. The number of ketones is 1. The van der Waals surface area contributed by atoms with E-state index in [0.29, 0.717) is 12.1 Å².